The molecule has 1 aromatic heterocycles. The minimum Gasteiger partial charge on any atom is -0.472 e. The lowest BCUT2D eigenvalue weighted by atomic mass is 9.87. The summed E-state index contributed by atoms with van der Waals surface area (Å²) in [5.41, 5.74) is 1.17. The molecule has 3 heteroatoms. The van der Waals surface area contributed by atoms with Gasteiger partial charge in [0.1, 0.15) is 5.78 Å². The maximum atomic E-state index is 11.7. The largest absolute Gasteiger partial charge is 0.472 e. The average Bonchev–Trinajstić information content (AvgIpc) is 2.74. The van der Waals surface area contributed by atoms with Gasteiger partial charge in [-0.3, -0.25) is 4.79 Å². The Balaban J connectivity index is 1.82. The van der Waals surface area contributed by atoms with Gasteiger partial charge in [-0.05, 0) is 26.0 Å². The molecule has 0 aliphatic heterocycles. The molecule has 1 aliphatic rings. The van der Waals surface area contributed by atoms with E-state index in [1.54, 1.807) is 12.5 Å². The molecule has 16 heavy (non-hydrogen) atoms. The van der Waals surface area contributed by atoms with Gasteiger partial charge in [0, 0.05) is 31.0 Å². The summed E-state index contributed by atoms with van der Waals surface area (Å²) in [4.78, 5) is 13.9. The average molecular weight is 221 g/mol. The number of hydrogen-bond donors (Lipinski definition) is 0. The van der Waals surface area contributed by atoms with E-state index in [1.807, 2.05) is 6.07 Å². The zero-order chi connectivity index (χ0) is 11.4. The fourth-order valence-electron chi connectivity index (χ4n) is 2.38. The number of rotatable bonds is 4. The fourth-order valence-corrected chi connectivity index (χ4v) is 2.38. The van der Waals surface area contributed by atoms with Gasteiger partial charge in [-0.25, -0.2) is 0 Å². The van der Waals surface area contributed by atoms with Crippen LogP contribution in [0.5, 0.6) is 0 Å². The first-order chi connectivity index (χ1) is 7.75. The third-order valence-corrected chi connectivity index (χ3v) is 3.25. The number of Topliss-reactive ketones (excluding diaryl/α,β-unsaturated/α-hetero) is 1. The molecule has 1 saturated carbocycles. The van der Waals surface area contributed by atoms with Crippen LogP contribution < -0.4 is 0 Å². The first kappa shape index (κ1) is 11.4. The van der Waals surface area contributed by atoms with Crippen LogP contribution in [0, 0.1) is 5.92 Å². The molecule has 0 N–H and O–H groups in total. The summed E-state index contributed by atoms with van der Waals surface area (Å²) in [6.07, 6.45) is 7.59. The van der Waals surface area contributed by atoms with E-state index >= 15 is 0 Å². The Hall–Kier alpha value is -1.09. The standard InChI is InChI=1S/C13H19NO2/c1-14(8-11-6-7-16-10-11)9-12-4-2-3-5-13(12)15/h6-7,10,12H,2-5,8-9H2,1H3. The molecule has 0 radical (unpaired) electrons. The van der Waals surface area contributed by atoms with Gasteiger partial charge in [0.05, 0.1) is 12.5 Å². The van der Waals surface area contributed by atoms with E-state index in [2.05, 4.69) is 11.9 Å². The lowest BCUT2D eigenvalue weighted by Gasteiger charge is -2.25. The first-order valence-electron chi connectivity index (χ1n) is 5.98. The number of hydrogen-bond acceptors (Lipinski definition) is 3. The van der Waals surface area contributed by atoms with Crippen molar-refractivity contribution in [3.8, 4) is 0 Å². The van der Waals surface area contributed by atoms with Gasteiger partial charge in [0.2, 0.25) is 0 Å². The molecule has 0 amide bonds. The maximum absolute atomic E-state index is 11.7. The molecule has 0 aromatic carbocycles. The quantitative estimate of drug-likeness (QED) is 0.783. The van der Waals surface area contributed by atoms with E-state index in [1.165, 1.54) is 12.0 Å². The molecule has 1 aliphatic carbocycles. The summed E-state index contributed by atoms with van der Waals surface area (Å²) < 4.78 is 5.03. The van der Waals surface area contributed by atoms with Crippen molar-refractivity contribution in [1.29, 1.82) is 0 Å². The van der Waals surface area contributed by atoms with Crippen LogP contribution >= 0.6 is 0 Å². The van der Waals surface area contributed by atoms with E-state index in [0.29, 0.717) is 5.78 Å². The maximum Gasteiger partial charge on any atom is 0.137 e. The van der Waals surface area contributed by atoms with Crippen LogP contribution in [0.3, 0.4) is 0 Å². The molecule has 1 atom stereocenters. The van der Waals surface area contributed by atoms with Crippen molar-refractivity contribution in [2.24, 2.45) is 5.92 Å². The van der Waals surface area contributed by atoms with E-state index in [0.717, 1.165) is 32.4 Å². The van der Waals surface area contributed by atoms with Crippen molar-refractivity contribution >= 4 is 5.78 Å². The molecular formula is C13H19NO2. The second-order valence-electron chi connectivity index (χ2n) is 4.74. The summed E-state index contributed by atoms with van der Waals surface area (Å²) in [6, 6.07) is 1.97. The van der Waals surface area contributed by atoms with Crippen LogP contribution in [0.1, 0.15) is 31.2 Å². The van der Waals surface area contributed by atoms with Crippen molar-refractivity contribution < 1.29 is 9.21 Å². The van der Waals surface area contributed by atoms with Crippen LogP contribution in [0.4, 0.5) is 0 Å². The predicted molar refractivity (Wildman–Crippen MR) is 62.0 cm³/mol. The van der Waals surface area contributed by atoms with Gasteiger partial charge in [-0.1, -0.05) is 6.42 Å². The SMILES string of the molecule is CN(Cc1ccoc1)CC1CCCCC1=O. The zero-order valence-corrected chi connectivity index (χ0v) is 9.82. The smallest absolute Gasteiger partial charge is 0.137 e. The lowest BCUT2D eigenvalue weighted by Crippen LogP contribution is -2.31. The number of ketones is 1. The van der Waals surface area contributed by atoms with Crippen LogP contribution in [0.2, 0.25) is 0 Å². The Labute approximate surface area is 96.4 Å². The normalized spacial score (nSPS) is 21.6. The molecule has 1 aromatic rings. The third kappa shape index (κ3) is 2.95. The Kier molecular flexibility index (Phi) is 3.78. The fraction of sp³-hybridized carbons (Fsp3) is 0.615. The predicted octanol–water partition coefficient (Wildman–Crippen LogP) is 2.47. The molecule has 0 bridgehead atoms. The molecule has 1 unspecified atom stereocenters. The molecule has 3 nitrogen and oxygen atoms in total. The first-order valence-corrected chi connectivity index (χ1v) is 5.98. The summed E-state index contributed by atoms with van der Waals surface area (Å²) in [7, 11) is 2.06. The Morgan fingerprint density at radius 2 is 2.38 bits per heavy atom. The highest BCUT2D eigenvalue weighted by molar-refractivity contribution is 5.81. The minimum atomic E-state index is 0.255. The Morgan fingerprint density at radius 1 is 1.50 bits per heavy atom. The van der Waals surface area contributed by atoms with Gasteiger partial charge in [-0.2, -0.15) is 0 Å². The molecule has 1 fully saturated rings. The van der Waals surface area contributed by atoms with Crippen LogP contribution in [-0.2, 0) is 11.3 Å². The van der Waals surface area contributed by atoms with E-state index < -0.39 is 0 Å². The highest BCUT2D eigenvalue weighted by Crippen LogP contribution is 2.21. The van der Waals surface area contributed by atoms with E-state index in [-0.39, 0.29) is 5.92 Å². The van der Waals surface area contributed by atoms with Gasteiger partial charge >= 0.3 is 0 Å². The summed E-state index contributed by atoms with van der Waals surface area (Å²) >= 11 is 0. The summed E-state index contributed by atoms with van der Waals surface area (Å²) in [6.45, 7) is 1.74. The van der Waals surface area contributed by atoms with Crippen molar-refractivity contribution in [2.75, 3.05) is 13.6 Å². The highest BCUT2D eigenvalue weighted by atomic mass is 16.3. The Morgan fingerprint density at radius 3 is 3.06 bits per heavy atom. The third-order valence-electron chi connectivity index (χ3n) is 3.25. The topological polar surface area (TPSA) is 33.5 Å². The lowest BCUT2D eigenvalue weighted by molar-refractivity contribution is -0.125. The van der Waals surface area contributed by atoms with Crippen LogP contribution in [0.15, 0.2) is 23.0 Å². The molecule has 0 saturated heterocycles. The number of carbonyl (C=O) groups excluding carboxylic acids is 1. The van der Waals surface area contributed by atoms with E-state index in [4.69, 9.17) is 4.42 Å². The van der Waals surface area contributed by atoms with Crippen molar-refractivity contribution in [2.45, 2.75) is 32.2 Å². The van der Waals surface area contributed by atoms with Crippen LogP contribution in [-0.4, -0.2) is 24.3 Å². The monoisotopic (exact) mass is 221 g/mol. The number of furan rings is 1. The molecule has 2 rings (SSSR count). The minimum absolute atomic E-state index is 0.255. The Bertz CT molecular complexity index is 332. The molecule has 1 heterocycles. The molecule has 88 valence electrons. The number of carbonyl (C=O) groups is 1. The van der Waals surface area contributed by atoms with Crippen LogP contribution in [0.25, 0.3) is 0 Å². The van der Waals surface area contributed by atoms with Gasteiger partial charge in [0.25, 0.3) is 0 Å². The zero-order valence-electron chi connectivity index (χ0n) is 9.82. The van der Waals surface area contributed by atoms with E-state index in [9.17, 15) is 4.79 Å². The van der Waals surface area contributed by atoms with Gasteiger partial charge < -0.3 is 9.32 Å². The highest BCUT2D eigenvalue weighted by Gasteiger charge is 2.23. The van der Waals surface area contributed by atoms with Crippen molar-refractivity contribution in [3.63, 3.8) is 0 Å². The molecular weight excluding hydrogens is 202 g/mol. The summed E-state index contributed by atoms with van der Waals surface area (Å²) in [5.74, 6) is 0.705. The summed E-state index contributed by atoms with van der Waals surface area (Å²) in [5, 5.41) is 0. The van der Waals surface area contributed by atoms with Gasteiger partial charge in [0.15, 0.2) is 0 Å². The van der Waals surface area contributed by atoms with Gasteiger partial charge in [-0.15, -0.1) is 0 Å². The van der Waals surface area contributed by atoms with Crippen molar-refractivity contribution in [3.05, 3.63) is 24.2 Å². The second-order valence-corrected chi connectivity index (χ2v) is 4.74. The number of nitrogens with zero attached hydrogens (tertiary/aromatic N) is 1. The molecule has 0 spiro atoms. The second kappa shape index (κ2) is 5.30. The van der Waals surface area contributed by atoms with Crippen molar-refractivity contribution in [1.82, 2.24) is 4.90 Å².